The van der Waals surface area contributed by atoms with E-state index in [1.165, 1.54) is 7.11 Å². The quantitative estimate of drug-likeness (QED) is 0.758. The van der Waals surface area contributed by atoms with Gasteiger partial charge in [-0.3, -0.25) is 9.69 Å². The second-order valence-electron chi connectivity index (χ2n) is 7.01. The van der Waals surface area contributed by atoms with Crippen LogP contribution in [0.25, 0.3) is 0 Å². The standard InChI is InChI=1S/C16H25N3O4/c1-11(2)8-12-17-13(23-18-12)9-19-10-16(4-6-22-7-5-16)14(19)15(20)21-3/h11,14H,4-10H2,1-3H3. The molecule has 0 bridgehead atoms. The summed E-state index contributed by atoms with van der Waals surface area (Å²) < 4.78 is 15.8. The van der Waals surface area contributed by atoms with Crippen molar-refractivity contribution in [2.45, 2.75) is 45.7 Å². The number of rotatable bonds is 5. The third-order valence-electron chi connectivity index (χ3n) is 4.82. The molecule has 2 saturated heterocycles. The van der Waals surface area contributed by atoms with Crippen molar-refractivity contribution < 1.29 is 18.8 Å². The Hall–Kier alpha value is -1.47. The molecule has 1 aromatic rings. The molecule has 0 saturated carbocycles. The molecule has 2 aliphatic rings. The van der Waals surface area contributed by atoms with E-state index in [1.807, 2.05) is 0 Å². The summed E-state index contributed by atoms with van der Waals surface area (Å²) in [4.78, 5) is 18.7. The van der Waals surface area contributed by atoms with Crippen LogP contribution in [0, 0.1) is 11.3 Å². The molecule has 0 radical (unpaired) electrons. The van der Waals surface area contributed by atoms with Gasteiger partial charge in [-0.05, 0) is 18.8 Å². The lowest BCUT2D eigenvalue weighted by Gasteiger charge is -2.57. The first-order chi connectivity index (χ1) is 11.0. The highest BCUT2D eigenvalue weighted by molar-refractivity contribution is 5.78. The maximum atomic E-state index is 12.2. The van der Waals surface area contributed by atoms with Gasteiger partial charge in [-0.15, -0.1) is 0 Å². The Balaban J connectivity index is 1.67. The van der Waals surface area contributed by atoms with E-state index in [4.69, 9.17) is 14.0 Å². The Morgan fingerprint density at radius 1 is 1.43 bits per heavy atom. The highest BCUT2D eigenvalue weighted by Crippen LogP contribution is 2.46. The van der Waals surface area contributed by atoms with Crippen molar-refractivity contribution in [3.05, 3.63) is 11.7 Å². The molecule has 0 aromatic carbocycles. The lowest BCUT2D eigenvalue weighted by molar-refractivity contribution is -0.183. The van der Waals surface area contributed by atoms with Crippen LogP contribution in [0.5, 0.6) is 0 Å². The molecule has 0 aliphatic carbocycles. The van der Waals surface area contributed by atoms with Gasteiger partial charge in [0.25, 0.3) is 0 Å². The summed E-state index contributed by atoms with van der Waals surface area (Å²) in [5.41, 5.74) is -0.0217. The Morgan fingerprint density at radius 3 is 2.83 bits per heavy atom. The number of ether oxygens (including phenoxy) is 2. The van der Waals surface area contributed by atoms with Gasteiger partial charge in [0, 0.05) is 31.6 Å². The van der Waals surface area contributed by atoms with Gasteiger partial charge < -0.3 is 14.0 Å². The van der Waals surface area contributed by atoms with E-state index in [-0.39, 0.29) is 17.4 Å². The van der Waals surface area contributed by atoms with Crippen LogP contribution >= 0.6 is 0 Å². The van der Waals surface area contributed by atoms with Crippen LogP contribution < -0.4 is 0 Å². The second-order valence-corrected chi connectivity index (χ2v) is 7.01. The Kier molecular flexibility index (Phi) is 4.68. The van der Waals surface area contributed by atoms with E-state index in [2.05, 4.69) is 28.9 Å². The predicted molar refractivity (Wildman–Crippen MR) is 81.5 cm³/mol. The first-order valence-corrected chi connectivity index (χ1v) is 8.25. The van der Waals surface area contributed by atoms with Gasteiger partial charge in [-0.25, -0.2) is 0 Å². The van der Waals surface area contributed by atoms with Gasteiger partial charge >= 0.3 is 5.97 Å². The average Bonchev–Trinajstić information content (AvgIpc) is 2.93. The molecule has 1 unspecified atom stereocenters. The van der Waals surface area contributed by atoms with Gasteiger partial charge in [0.2, 0.25) is 5.89 Å². The van der Waals surface area contributed by atoms with Crippen molar-refractivity contribution in [1.82, 2.24) is 15.0 Å². The number of carbonyl (C=O) groups is 1. The second kappa shape index (κ2) is 6.57. The summed E-state index contributed by atoms with van der Waals surface area (Å²) in [6, 6.07) is -0.239. The maximum absolute atomic E-state index is 12.2. The van der Waals surface area contributed by atoms with Crippen molar-refractivity contribution in [2.24, 2.45) is 11.3 Å². The number of likely N-dealkylation sites (tertiary alicyclic amines) is 1. The van der Waals surface area contributed by atoms with Crippen molar-refractivity contribution in [2.75, 3.05) is 26.9 Å². The summed E-state index contributed by atoms with van der Waals surface area (Å²) in [6.45, 7) is 6.99. The number of esters is 1. The van der Waals surface area contributed by atoms with E-state index in [0.29, 0.717) is 31.6 Å². The van der Waals surface area contributed by atoms with Crippen LogP contribution in [-0.2, 0) is 27.2 Å². The average molecular weight is 323 g/mol. The first kappa shape index (κ1) is 16.4. The van der Waals surface area contributed by atoms with Gasteiger partial charge in [0.15, 0.2) is 5.82 Å². The van der Waals surface area contributed by atoms with E-state index < -0.39 is 0 Å². The Morgan fingerprint density at radius 2 is 2.17 bits per heavy atom. The number of hydrogen-bond acceptors (Lipinski definition) is 7. The SMILES string of the molecule is COC(=O)C1N(Cc2nc(CC(C)C)no2)CC12CCOCC2. The first-order valence-electron chi connectivity index (χ1n) is 8.25. The minimum atomic E-state index is -0.239. The predicted octanol–water partition coefficient (Wildman–Crippen LogP) is 1.42. The fraction of sp³-hybridized carbons (Fsp3) is 0.812. The van der Waals surface area contributed by atoms with E-state index >= 15 is 0 Å². The normalized spacial score (nSPS) is 23.9. The summed E-state index contributed by atoms with van der Waals surface area (Å²) in [6.07, 6.45) is 2.59. The third kappa shape index (κ3) is 3.26. The Bertz CT molecular complexity index is 551. The number of carbonyl (C=O) groups excluding carboxylic acids is 1. The number of nitrogens with zero attached hydrogens (tertiary/aromatic N) is 3. The molecule has 7 heteroatoms. The van der Waals surface area contributed by atoms with Crippen LogP contribution in [0.1, 0.15) is 38.4 Å². The van der Waals surface area contributed by atoms with Crippen LogP contribution in [0.15, 0.2) is 4.52 Å². The van der Waals surface area contributed by atoms with Gasteiger partial charge in [0.1, 0.15) is 6.04 Å². The molecule has 1 spiro atoms. The molecule has 3 rings (SSSR count). The minimum Gasteiger partial charge on any atom is -0.468 e. The van der Waals surface area contributed by atoms with Crippen molar-refractivity contribution in [3.63, 3.8) is 0 Å². The van der Waals surface area contributed by atoms with Crippen molar-refractivity contribution in [3.8, 4) is 0 Å². The van der Waals surface area contributed by atoms with Gasteiger partial charge in [-0.1, -0.05) is 19.0 Å². The van der Waals surface area contributed by atoms with Crippen LogP contribution in [0.2, 0.25) is 0 Å². The van der Waals surface area contributed by atoms with Gasteiger partial charge in [0.05, 0.1) is 13.7 Å². The number of hydrogen-bond donors (Lipinski definition) is 0. The molecule has 128 valence electrons. The largest absolute Gasteiger partial charge is 0.468 e. The lowest BCUT2D eigenvalue weighted by atomic mass is 9.66. The molecule has 2 aliphatic heterocycles. The minimum absolute atomic E-state index is 0.0217. The van der Waals surface area contributed by atoms with Crippen molar-refractivity contribution >= 4 is 5.97 Å². The zero-order chi connectivity index (χ0) is 16.4. The molecule has 23 heavy (non-hydrogen) atoms. The fourth-order valence-electron chi connectivity index (χ4n) is 3.70. The lowest BCUT2D eigenvalue weighted by Crippen LogP contribution is -2.68. The highest BCUT2D eigenvalue weighted by Gasteiger charge is 2.57. The van der Waals surface area contributed by atoms with E-state index in [9.17, 15) is 4.79 Å². The van der Waals surface area contributed by atoms with Crippen LogP contribution in [0.3, 0.4) is 0 Å². The van der Waals surface area contributed by atoms with E-state index in [0.717, 1.165) is 31.6 Å². The van der Waals surface area contributed by atoms with E-state index in [1.54, 1.807) is 0 Å². The van der Waals surface area contributed by atoms with Crippen molar-refractivity contribution in [1.29, 1.82) is 0 Å². The molecule has 7 nitrogen and oxygen atoms in total. The molecule has 0 amide bonds. The maximum Gasteiger partial charge on any atom is 0.323 e. The number of methoxy groups -OCH3 is 1. The van der Waals surface area contributed by atoms with Crippen LogP contribution in [-0.4, -0.2) is 53.9 Å². The molecule has 2 fully saturated rings. The van der Waals surface area contributed by atoms with Crippen LogP contribution in [0.4, 0.5) is 0 Å². The monoisotopic (exact) mass is 323 g/mol. The summed E-state index contributed by atoms with van der Waals surface area (Å²) in [5.74, 6) is 1.60. The summed E-state index contributed by atoms with van der Waals surface area (Å²) in [7, 11) is 1.44. The Labute approximate surface area is 136 Å². The molecule has 1 aromatic heterocycles. The zero-order valence-electron chi connectivity index (χ0n) is 14.1. The molecule has 3 heterocycles. The molecule has 0 N–H and O–H groups in total. The fourth-order valence-corrected chi connectivity index (χ4v) is 3.70. The summed E-state index contributed by atoms with van der Waals surface area (Å²) in [5, 5.41) is 4.01. The molecule has 1 atom stereocenters. The smallest absolute Gasteiger partial charge is 0.323 e. The zero-order valence-corrected chi connectivity index (χ0v) is 14.1. The number of aromatic nitrogens is 2. The van der Waals surface area contributed by atoms with Gasteiger partial charge in [-0.2, -0.15) is 4.98 Å². The summed E-state index contributed by atoms with van der Waals surface area (Å²) >= 11 is 0. The topological polar surface area (TPSA) is 77.7 Å². The molecular formula is C16H25N3O4. The highest BCUT2D eigenvalue weighted by atomic mass is 16.5. The third-order valence-corrected chi connectivity index (χ3v) is 4.82. The molecular weight excluding hydrogens is 298 g/mol.